The molecule has 2 aliphatic carbocycles. The van der Waals surface area contributed by atoms with Gasteiger partial charge in [-0.1, -0.05) is 0 Å². The molecule has 1 aliphatic heterocycles. The number of ether oxygens (including phenoxy) is 3. The summed E-state index contributed by atoms with van der Waals surface area (Å²) in [5, 5.41) is 0. The molecule has 3 aliphatic rings. The zero-order valence-corrected chi connectivity index (χ0v) is 14.5. The van der Waals surface area contributed by atoms with Gasteiger partial charge in [0, 0.05) is 30.2 Å². The predicted octanol–water partition coefficient (Wildman–Crippen LogP) is 2.83. The lowest BCUT2D eigenvalue weighted by molar-refractivity contribution is -0.213. The van der Waals surface area contributed by atoms with Gasteiger partial charge in [-0.3, -0.25) is 0 Å². The SMILES string of the molecule is CS(=O)(=O)c1ccc(OC2CC(F)(F)C2)c2c1C1(OCCO1)C(F)C2F. The molecule has 0 N–H and O–H groups in total. The number of halogens is 4. The number of sulfone groups is 1. The molecule has 1 aromatic rings. The Hall–Kier alpha value is -1.39. The van der Waals surface area contributed by atoms with E-state index >= 15 is 0 Å². The molecule has 26 heavy (non-hydrogen) atoms. The smallest absolute Gasteiger partial charge is 0.255 e. The zero-order chi connectivity index (χ0) is 18.9. The molecule has 1 heterocycles. The lowest BCUT2D eigenvalue weighted by atomic mass is 9.91. The standard InChI is InChI=1S/C16H16F4O5S/c1-26(21,22)10-3-2-9(25-8-6-15(19,20)7-8)11-12(10)16(14(18)13(11)17)23-4-5-24-16/h2-3,8,13-14H,4-7H2,1H3. The average molecular weight is 396 g/mol. The first-order valence-electron chi connectivity index (χ1n) is 8.03. The minimum absolute atomic E-state index is 0.0320. The van der Waals surface area contributed by atoms with Crippen molar-refractivity contribution in [2.24, 2.45) is 0 Å². The lowest BCUT2D eigenvalue weighted by Gasteiger charge is -2.35. The molecule has 1 aromatic carbocycles. The van der Waals surface area contributed by atoms with Crippen LogP contribution in [-0.2, 0) is 25.1 Å². The van der Waals surface area contributed by atoms with Crippen LogP contribution in [0.25, 0.3) is 0 Å². The molecule has 0 aromatic heterocycles. The number of fused-ring (bicyclic) bond motifs is 2. The van der Waals surface area contributed by atoms with Gasteiger partial charge in [-0.2, -0.15) is 0 Å². The summed E-state index contributed by atoms with van der Waals surface area (Å²) in [4.78, 5) is -0.330. The molecule has 4 rings (SSSR count). The predicted molar refractivity (Wildman–Crippen MR) is 80.5 cm³/mol. The van der Waals surface area contributed by atoms with Crippen molar-refractivity contribution in [2.45, 2.75) is 47.9 Å². The minimum Gasteiger partial charge on any atom is -0.490 e. The number of alkyl halides is 4. The Morgan fingerprint density at radius 3 is 2.31 bits per heavy atom. The van der Waals surface area contributed by atoms with Gasteiger partial charge >= 0.3 is 0 Å². The highest BCUT2D eigenvalue weighted by Crippen LogP contribution is 2.57. The fourth-order valence-corrected chi connectivity index (χ4v) is 4.64. The molecule has 2 unspecified atom stereocenters. The van der Waals surface area contributed by atoms with Crippen LogP contribution in [0.2, 0.25) is 0 Å². The maximum atomic E-state index is 14.8. The van der Waals surface area contributed by atoms with Crippen LogP contribution < -0.4 is 4.74 Å². The van der Waals surface area contributed by atoms with Crippen molar-refractivity contribution in [1.29, 1.82) is 0 Å². The molecule has 1 saturated carbocycles. The largest absolute Gasteiger partial charge is 0.490 e. The van der Waals surface area contributed by atoms with E-state index in [4.69, 9.17) is 14.2 Å². The molecule has 2 atom stereocenters. The third kappa shape index (κ3) is 2.53. The van der Waals surface area contributed by atoms with Crippen LogP contribution in [0.3, 0.4) is 0 Å². The second-order valence-corrected chi connectivity index (χ2v) is 8.78. The van der Waals surface area contributed by atoms with Crippen molar-refractivity contribution >= 4 is 9.84 Å². The minimum atomic E-state index is -3.86. The number of benzene rings is 1. The first kappa shape index (κ1) is 18.0. The van der Waals surface area contributed by atoms with Crippen molar-refractivity contribution in [3.05, 3.63) is 23.3 Å². The van der Waals surface area contributed by atoms with Crippen LogP contribution in [-0.4, -0.2) is 46.1 Å². The normalized spacial score (nSPS) is 29.6. The van der Waals surface area contributed by atoms with Crippen molar-refractivity contribution in [1.82, 2.24) is 0 Å². The van der Waals surface area contributed by atoms with E-state index < -0.39 is 52.8 Å². The average Bonchev–Trinajstić information content (AvgIpc) is 3.07. The Balaban J connectivity index is 1.84. The monoisotopic (exact) mass is 396 g/mol. The van der Waals surface area contributed by atoms with Crippen molar-refractivity contribution in [2.75, 3.05) is 19.5 Å². The Morgan fingerprint density at radius 2 is 1.77 bits per heavy atom. The summed E-state index contributed by atoms with van der Waals surface area (Å²) in [5.74, 6) is -5.19. The molecule has 144 valence electrons. The van der Waals surface area contributed by atoms with E-state index in [-0.39, 0.29) is 35.0 Å². The van der Waals surface area contributed by atoms with Crippen molar-refractivity contribution < 1.29 is 40.2 Å². The van der Waals surface area contributed by atoms with Crippen molar-refractivity contribution in [3.63, 3.8) is 0 Å². The van der Waals surface area contributed by atoms with E-state index in [1.165, 1.54) is 6.07 Å². The number of hydrogen-bond acceptors (Lipinski definition) is 5. The summed E-state index contributed by atoms with van der Waals surface area (Å²) in [6.45, 7) is -0.0641. The second kappa shape index (κ2) is 5.56. The summed E-state index contributed by atoms with van der Waals surface area (Å²) in [6.07, 6.45) is -5.59. The second-order valence-electron chi connectivity index (χ2n) is 6.79. The van der Waals surface area contributed by atoms with E-state index in [1.54, 1.807) is 0 Å². The maximum absolute atomic E-state index is 14.8. The van der Waals surface area contributed by atoms with Gasteiger partial charge in [0.25, 0.3) is 5.92 Å². The topological polar surface area (TPSA) is 61.8 Å². The molecule has 0 radical (unpaired) electrons. The Bertz CT molecular complexity index is 842. The first-order valence-corrected chi connectivity index (χ1v) is 9.92. The fraction of sp³-hybridized carbons (Fsp3) is 0.625. The molecule has 0 bridgehead atoms. The van der Waals surface area contributed by atoms with Crippen LogP contribution in [0.15, 0.2) is 17.0 Å². The Labute approximate surface area is 147 Å². The zero-order valence-electron chi connectivity index (χ0n) is 13.7. The number of rotatable bonds is 3. The molecule has 0 amide bonds. The van der Waals surface area contributed by atoms with Crippen molar-refractivity contribution in [3.8, 4) is 5.75 Å². The molecule has 10 heteroatoms. The summed E-state index contributed by atoms with van der Waals surface area (Å²) >= 11 is 0. The molecule has 1 saturated heterocycles. The van der Waals surface area contributed by atoms with Gasteiger partial charge in [-0.05, 0) is 12.1 Å². The van der Waals surface area contributed by atoms with Gasteiger partial charge in [-0.15, -0.1) is 0 Å². The molecule has 2 fully saturated rings. The van der Waals surface area contributed by atoms with Crippen LogP contribution in [0.1, 0.15) is 30.1 Å². The van der Waals surface area contributed by atoms with Gasteiger partial charge in [0.15, 0.2) is 22.2 Å². The van der Waals surface area contributed by atoms with Crippen LogP contribution in [0.5, 0.6) is 5.75 Å². The van der Waals surface area contributed by atoms with E-state index in [1.807, 2.05) is 0 Å². The van der Waals surface area contributed by atoms with Gasteiger partial charge in [-0.25, -0.2) is 26.0 Å². The third-order valence-corrected chi connectivity index (χ3v) is 6.01. The fourth-order valence-electron chi connectivity index (χ4n) is 3.70. The maximum Gasteiger partial charge on any atom is 0.255 e. The molecule has 1 spiro atoms. The molecular formula is C16H16F4O5S. The van der Waals surface area contributed by atoms with E-state index in [0.29, 0.717) is 0 Å². The first-order chi connectivity index (χ1) is 12.1. The highest BCUT2D eigenvalue weighted by atomic mass is 32.2. The van der Waals surface area contributed by atoms with E-state index in [9.17, 15) is 26.0 Å². The highest BCUT2D eigenvalue weighted by Gasteiger charge is 2.61. The van der Waals surface area contributed by atoms with Gasteiger partial charge < -0.3 is 14.2 Å². The Kier molecular flexibility index (Phi) is 3.85. The highest BCUT2D eigenvalue weighted by molar-refractivity contribution is 7.90. The summed E-state index contributed by atoms with van der Waals surface area (Å²) in [5.41, 5.74) is -0.626. The van der Waals surface area contributed by atoms with Crippen LogP contribution >= 0.6 is 0 Å². The Morgan fingerprint density at radius 1 is 1.15 bits per heavy atom. The van der Waals surface area contributed by atoms with Gasteiger partial charge in [0.05, 0.1) is 18.1 Å². The summed E-state index contributed by atoms with van der Waals surface area (Å²) < 4.78 is 95.9. The quantitative estimate of drug-likeness (QED) is 0.736. The van der Waals surface area contributed by atoms with Crippen LogP contribution in [0.4, 0.5) is 17.6 Å². The third-order valence-electron chi connectivity index (χ3n) is 4.87. The molecule has 5 nitrogen and oxygen atoms in total. The van der Waals surface area contributed by atoms with Gasteiger partial charge in [0.1, 0.15) is 11.9 Å². The van der Waals surface area contributed by atoms with E-state index in [2.05, 4.69) is 0 Å². The van der Waals surface area contributed by atoms with Crippen LogP contribution in [0, 0.1) is 0 Å². The summed E-state index contributed by atoms with van der Waals surface area (Å²) in [7, 11) is -3.86. The lowest BCUT2D eigenvalue weighted by Crippen LogP contribution is -2.43. The number of hydrogen-bond donors (Lipinski definition) is 0. The van der Waals surface area contributed by atoms with Gasteiger partial charge in [0.2, 0.25) is 5.79 Å². The molecular weight excluding hydrogens is 380 g/mol. The summed E-state index contributed by atoms with van der Waals surface area (Å²) in [6, 6.07) is 2.30. The van der Waals surface area contributed by atoms with E-state index in [0.717, 1.165) is 12.3 Å².